The number of hydrogen-bond acceptors (Lipinski definition) is 9. The molecule has 1 aliphatic carbocycles. The van der Waals surface area contributed by atoms with Crippen molar-refractivity contribution in [2.75, 3.05) is 40.6 Å². The highest BCUT2D eigenvalue weighted by Crippen LogP contribution is 2.34. The first-order valence-corrected chi connectivity index (χ1v) is 14.3. The molecule has 0 spiro atoms. The molecule has 1 aliphatic rings. The third-order valence-corrected chi connectivity index (χ3v) is 6.48. The fraction of sp³-hybridized carbons (Fsp3) is 0.424. The van der Waals surface area contributed by atoms with Crippen LogP contribution in [-0.2, 0) is 23.9 Å². The highest BCUT2D eigenvalue weighted by atomic mass is 16.5. The molecule has 9 nitrogen and oxygen atoms in total. The van der Waals surface area contributed by atoms with Gasteiger partial charge >= 0.3 is 11.9 Å². The Hall–Kier alpha value is -4.27. The van der Waals surface area contributed by atoms with Crippen LogP contribution in [0.4, 0.5) is 0 Å². The summed E-state index contributed by atoms with van der Waals surface area (Å²) in [7, 11) is 3.13. The lowest BCUT2D eigenvalue weighted by Gasteiger charge is -2.11. The second-order valence-electron chi connectivity index (χ2n) is 9.50. The molecule has 0 bridgehead atoms. The van der Waals surface area contributed by atoms with E-state index in [1.54, 1.807) is 40.2 Å². The normalized spacial score (nSPS) is 14.6. The van der Waals surface area contributed by atoms with E-state index < -0.39 is 0 Å². The SMILES string of the molecule is CCOC(=O)CCCOc1ccc(/C=C2\CC/C(=C\c3ccc(OCCCC(=O)OCC)c(OC)c3)C2=O)cc1OC. The van der Waals surface area contributed by atoms with Crippen molar-refractivity contribution in [1.82, 2.24) is 0 Å². The summed E-state index contributed by atoms with van der Waals surface area (Å²) in [6, 6.07) is 11.0. The van der Waals surface area contributed by atoms with Crippen LogP contribution < -0.4 is 18.9 Å². The van der Waals surface area contributed by atoms with E-state index in [-0.39, 0.29) is 17.7 Å². The Kier molecular flexibility index (Phi) is 12.9. The second kappa shape index (κ2) is 16.9. The van der Waals surface area contributed by atoms with Crippen LogP contribution in [-0.4, -0.2) is 58.4 Å². The lowest BCUT2D eigenvalue weighted by Crippen LogP contribution is -2.07. The molecule has 1 fully saturated rings. The van der Waals surface area contributed by atoms with Crippen molar-refractivity contribution < 1.29 is 42.8 Å². The maximum atomic E-state index is 13.2. The van der Waals surface area contributed by atoms with Crippen LogP contribution in [0.5, 0.6) is 23.0 Å². The number of carbonyl (C=O) groups is 3. The van der Waals surface area contributed by atoms with Gasteiger partial charge in [-0.05, 0) is 87.1 Å². The van der Waals surface area contributed by atoms with Gasteiger partial charge in [-0.25, -0.2) is 0 Å². The number of esters is 2. The van der Waals surface area contributed by atoms with Crippen LogP contribution >= 0.6 is 0 Å². The van der Waals surface area contributed by atoms with Crippen molar-refractivity contribution in [1.29, 1.82) is 0 Å². The van der Waals surface area contributed by atoms with E-state index in [1.807, 2.05) is 36.4 Å². The topological polar surface area (TPSA) is 107 Å². The number of ketones is 1. The maximum Gasteiger partial charge on any atom is 0.305 e. The molecule has 2 aromatic carbocycles. The highest BCUT2D eigenvalue weighted by molar-refractivity contribution is 6.15. The molecule has 3 rings (SSSR count). The van der Waals surface area contributed by atoms with Crippen LogP contribution in [0.1, 0.15) is 63.5 Å². The summed E-state index contributed by atoms with van der Waals surface area (Å²) in [6.45, 7) is 5.00. The third kappa shape index (κ3) is 9.68. The molecule has 1 saturated carbocycles. The van der Waals surface area contributed by atoms with Gasteiger partial charge in [0.25, 0.3) is 0 Å². The first-order valence-electron chi connectivity index (χ1n) is 14.3. The molecule has 42 heavy (non-hydrogen) atoms. The monoisotopic (exact) mass is 580 g/mol. The lowest BCUT2D eigenvalue weighted by atomic mass is 10.1. The van der Waals surface area contributed by atoms with Gasteiger partial charge in [-0.15, -0.1) is 0 Å². The standard InChI is InChI=1S/C33H40O9/c1-5-39-31(34)9-7-17-41-27-15-11-23(21-29(27)37-3)19-25-13-14-26(33(25)36)20-24-12-16-28(30(22-24)38-4)42-18-8-10-32(35)40-6-2/h11-12,15-16,19-22H,5-10,13-14,17-18H2,1-4H3/b25-19+,26-20+. The van der Waals surface area contributed by atoms with E-state index in [4.69, 9.17) is 28.4 Å². The average Bonchev–Trinajstić information content (AvgIpc) is 3.32. The van der Waals surface area contributed by atoms with Gasteiger partial charge in [0.1, 0.15) is 0 Å². The first kappa shape index (κ1) is 32.2. The van der Waals surface area contributed by atoms with E-state index in [0.717, 1.165) is 22.3 Å². The average molecular weight is 581 g/mol. The number of Topliss-reactive ketones (excluding diaryl/α,β-unsaturated/α-hetero) is 1. The van der Waals surface area contributed by atoms with Crippen molar-refractivity contribution in [3.63, 3.8) is 0 Å². The summed E-state index contributed by atoms with van der Waals surface area (Å²) in [5, 5.41) is 0. The minimum Gasteiger partial charge on any atom is -0.493 e. The molecule has 0 aliphatic heterocycles. The molecule has 2 aromatic rings. The lowest BCUT2D eigenvalue weighted by molar-refractivity contribution is -0.144. The maximum absolute atomic E-state index is 13.2. The molecule has 0 unspecified atom stereocenters. The molecule has 0 radical (unpaired) electrons. The van der Waals surface area contributed by atoms with Gasteiger partial charge in [-0.1, -0.05) is 12.1 Å². The number of methoxy groups -OCH3 is 2. The molecule has 0 amide bonds. The quantitative estimate of drug-likeness (QED) is 0.135. The van der Waals surface area contributed by atoms with E-state index in [1.165, 1.54) is 0 Å². The molecule has 226 valence electrons. The Bertz CT molecular complexity index is 1190. The van der Waals surface area contributed by atoms with Gasteiger partial charge in [-0.2, -0.15) is 0 Å². The smallest absolute Gasteiger partial charge is 0.305 e. The predicted octanol–water partition coefficient (Wildman–Crippen LogP) is 5.98. The van der Waals surface area contributed by atoms with E-state index >= 15 is 0 Å². The Morgan fingerprint density at radius 1 is 0.690 bits per heavy atom. The van der Waals surface area contributed by atoms with E-state index in [9.17, 15) is 14.4 Å². The number of carbonyl (C=O) groups excluding carboxylic acids is 3. The predicted molar refractivity (Wildman–Crippen MR) is 159 cm³/mol. The third-order valence-electron chi connectivity index (χ3n) is 6.48. The Balaban J connectivity index is 1.61. The Labute approximate surface area is 247 Å². The summed E-state index contributed by atoms with van der Waals surface area (Å²) in [6.07, 6.45) is 6.69. The van der Waals surface area contributed by atoms with Gasteiger partial charge in [0.2, 0.25) is 0 Å². The van der Waals surface area contributed by atoms with E-state index in [0.29, 0.717) is 88.0 Å². The van der Waals surface area contributed by atoms with Crippen molar-refractivity contribution in [3.05, 3.63) is 58.7 Å². The van der Waals surface area contributed by atoms with Crippen molar-refractivity contribution in [2.45, 2.75) is 52.4 Å². The van der Waals surface area contributed by atoms with Gasteiger partial charge < -0.3 is 28.4 Å². The fourth-order valence-corrected chi connectivity index (χ4v) is 4.43. The van der Waals surface area contributed by atoms with Gasteiger partial charge in [0, 0.05) is 24.0 Å². The summed E-state index contributed by atoms with van der Waals surface area (Å²) in [5.74, 6) is 1.77. The Morgan fingerprint density at radius 2 is 1.12 bits per heavy atom. The largest absolute Gasteiger partial charge is 0.493 e. The zero-order valence-corrected chi connectivity index (χ0v) is 24.9. The van der Waals surface area contributed by atoms with Crippen molar-refractivity contribution in [2.24, 2.45) is 0 Å². The summed E-state index contributed by atoms with van der Waals surface area (Å²) < 4.78 is 32.4. The molecule has 0 N–H and O–H groups in total. The van der Waals surface area contributed by atoms with Crippen LogP contribution in [0.3, 0.4) is 0 Å². The zero-order chi connectivity index (χ0) is 30.3. The summed E-state index contributed by atoms with van der Waals surface area (Å²) >= 11 is 0. The molecular formula is C33H40O9. The van der Waals surface area contributed by atoms with E-state index in [2.05, 4.69) is 0 Å². The molecule has 0 saturated heterocycles. The molecular weight excluding hydrogens is 540 g/mol. The molecule has 0 heterocycles. The van der Waals surface area contributed by atoms with Gasteiger partial charge in [-0.3, -0.25) is 14.4 Å². The number of hydrogen-bond donors (Lipinski definition) is 0. The minimum absolute atomic E-state index is 0.00603. The van der Waals surface area contributed by atoms with Crippen LogP contribution in [0, 0.1) is 0 Å². The fourth-order valence-electron chi connectivity index (χ4n) is 4.43. The molecule has 9 heteroatoms. The second-order valence-corrected chi connectivity index (χ2v) is 9.50. The van der Waals surface area contributed by atoms with Crippen LogP contribution in [0.2, 0.25) is 0 Å². The first-order chi connectivity index (χ1) is 20.4. The summed E-state index contributed by atoms with van der Waals surface area (Å²) in [4.78, 5) is 36.2. The van der Waals surface area contributed by atoms with Crippen molar-refractivity contribution in [3.8, 4) is 23.0 Å². The minimum atomic E-state index is -0.241. The van der Waals surface area contributed by atoms with Gasteiger partial charge in [0.05, 0.1) is 40.6 Å². The number of allylic oxidation sites excluding steroid dienone is 2. The summed E-state index contributed by atoms with van der Waals surface area (Å²) in [5.41, 5.74) is 3.11. The van der Waals surface area contributed by atoms with Crippen LogP contribution in [0.25, 0.3) is 12.2 Å². The zero-order valence-electron chi connectivity index (χ0n) is 24.9. The Morgan fingerprint density at radius 3 is 1.50 bits per heavy atom. The number of ether oxygens (including phenoxy) is 6. The number of rotatable bonds is 16. The number of benzene rings is 2. The van der Waals surface area contributed by atoms with Gasteiger partial charge in [0.15, 0.2) is 28.8 Å². The van der Waals surface area contributed by atoms with Crippen molar-refractivity contribution >= 4 is 29.9 Å². The highest BCUT2D eigenvalue weighted by Gasteiger charge is 2.23. The molecule has 0 atom stereocenters. The molecule has 0 aromatic heterocycles. The van der Waals surface area contributed by atoms with Crippen LogP contribution in [0.15, 0.2) is 47.5 Å².